The Hall–Kier alpha value is -2.21. The van der Waals surface area contributed by atoms with E-state index in [9.17, 15) is 4.79 Å². The van der Waals surface area contributed by atoms with E-state index in [2.05, 4.69) is 21.2 Å². The van der Waals surface area contributed by atoms with Gasteiger partial charge >= 0.3 is 5.97 Å². The molecule has 6 heteroatoms. The Kier molecular flexibility index (Phi) is 3.00. The summed E-state index contributed by atoms with van der Waals surface area (Å²) in [6, 6.07) is 8.06. The molecule has 2 heterocycles. The van der Waals surface area contributed by atoms with Crippen molar-refractivity contribution >= 4 is 5.97 Å². The molecule has 2 aromatic rings. The van der Waals surface area contributed by atoms with Gasteiger partial charge in [0.1, 0.15) is 6.33 Å². The minimum atomic E-state index is -0.779. The fraction of sp³-hybridized carbons (Fsp3) is 0.308. The Bertz CT molecular complexity index is 608. The zero-order valence-corrected chi connectivity index (χ0v) is 10.4. The summed E-state index contributed by atoms with van der Waals surface area (Å²) in [6.07, 6.45) is 1.84. The topological polar surface area (TPSA) is 71.2 Å². The molecule has 3 rings (SSSR count). The number of nitrogens with zero attached hydrogens (tertiary/aromatic N) is 4. The lowest BCUT2D eigenvalue weighted by Crippen LogP contribution is -2.25. The fourth-order valence-corrected chi connectivity index (χ4v) is 2.36. The van der Waals surface area contributed by atoms with Crippen LogP contribution in [0.4, 0.5) is 0 Å². The predicted molar refractivity (Wildman–Crippen MR) is 67.7 cm³/mol. The molecule has 0 radical (unpaired) electrons. The Morgan fingerprint density at radius 1 is 1.32 bits per heavy atom. The van der Waals surface area contributed by atoms with Gasteiger partial charge in [0.15, 0.2) is 5.82 Å². The number of aliphatic carboxylic acids is 1. The smallest absolute Gasteiger partial charge is 0.304 e. The highest BCUT2D eigenvalue weighted by Gasteiger charge is 2.20. The lowest BCUT2D eigenvalue weighted by atomic mass is 10.1. The number of rotatable bonds is 3. The summed E-state index contributed by atoms with van der Waals surface area (Å²) >= 11 is 0. The van der Waals surface area contributed by atoms with Crippen molar-refractivity contribution in [3.63, 3.8) is 0 Å². The molecule has 0 fully saturated rings. The van der Waals surface area contributed by atoms with Crippen LogP contribution in [0.2, 0.25) is 0 Å². The first kappa shape index (κ1) is 11.9. The molecular weight excluding hydrogens is 244 g/mol. The van der Waals surface area contributed by atoms with Gasteiger partial charge in [-0.05, 0) is 11.6 Å². The van der Waals surface area contributed by atoms with Gasteiger partial charge in [-0.15, -0.1) is 10.2 Å². The summed E-state index contributed by atoms with van der Waals surface area (Å²) in [5.41, 5.74) is 2.23. The quantitative estimate of drug-likeness (QED) is 0.891. The summed E-state index contributed by atoms with van der Waals surface area (Å²) in [7, 11) is 0. The van der Waals surface area contributed by atoms with Crippen molar-refractivity contribution in [2.45, 2.75) is 19.5 Å². The van der Waals surface area contributed by atoms with Gasteiger partial charge in [-0.25, -0.2) is 0 Å². The van der Waals surface area contributed by atoms with E-state index < -0.39 is 5.97 Å². The van der Waals surface area contributed by atoms with Crippen molar-refractivity contribution in [1.29, 1.82) is 0 Å². The van der Waals surface area contributed by atoms with Gasteiger partial charge in [0.25, 0.3) is 0 Å². The molecule has 0 atom stereocenters. The average Bonchev–Trinajstić information content (AvgIpc) is 2.79. The second kappa shape index (κ2) is 4.81. The third kappa shape index (κ3) is 2.34. The maximum atomic E-state index is 10.7. The Labute approximate surface area is 110 Å². The lowest BCUT2D eigenvalue weighted by molar-refractivity contribution is -0.137. The van der Waals surface area contributed by atoms with E-state index in [1.54, 1.807) is 6.33 Å². The van der Waals surface area contributed by atoms with Crippen molar-refractivity contribution in [2.75, 3.05) is 6.54 Å². The normalized spacial score (nSPS) is 14.5. The molecule has 0 amide bonds. The van der Waals surface area contributed by atoms with Crippen LogP contribution in [0.3, 0.4) is 0 Å². The van der Waals surface area contributed by atoms with Crippen LogP contribution in [0, 0.1) is 0 Å². The Morgan fingerprint density at radius 3 is 3.00 bits per heavy atom. The molecule has 1 N–H and O–H groups in total. The van der Waals surface area contributed by atoms with E-state index in [1.807, 2.05) is 22.8 Å². The first-order valence-corrected chi connectivity index (χ1v) is 6.15. The maximum Gasteiger partial charge on any atom is 0.304 e. The molecule has 0 saturated heterocycles. The number of hydrogen-bond acceptors (Lipinski definition) is 4. The molecule has 0 unspecified atom stereocenters. The fourth-order valence-electron chi connectivity index (χ4n) is 2.36. The van der Waals surface area contributed by atoms with Gasteiger partial charge in [-0.1, -0.05) is 18.2 Å². The van der Waals surface area contributed by atoms with E-state index in [4.69, 9.17) is 5.11 Å². The van der Waals surface area contributed by atoms with Gasteiger partial charge < -0.3 is 5.11 Å². The van der Waals surface area contributed by atoms with Gasteiger partial charge in [-0.2, -0.15) is 0 Å². The largest absolute Gasteiger partial charge is 0.481 e. The minimum absolute atomic E-state index is 0.135. The summed E-state index contributed by atoms with van der Waals surface area (Å²) in [5, 5.41) is 16.9. The molecule has 1 aliphatic rings. The summed E-state index contributed by atoms with van der Waals surface area (Å²) in [4.78, 5) is 12.8. The highest BCUT2D eigenvalue weighted by atomic mass is 16.4. The van der Waals surface area contributed by atoms with Gasteiger partial charge in [0.05, 0.1) is 18.7 Å². The van der Waals surface area contributed by atoms with Gasteiger partial charge in [-0.3, -0.25) is 14.3 Å². The molecule has 1 aliphatic heterocycles. The number of carboxylic acid groups (broad SMARTS) is 1. The summed E-state index contributed by atoms with van der Waals surface area (Å²) in [6.45, 7) is 1.85. The number of para-hydroxylation sites is 1. The van der Waals surface area contributed by atoms with Crippen LogP contribution >= 0.6 is 0 Å². The Morgan fingerprint density at radius 2 is 2.16 bits per heavy atom. The van der Waals surface area contributed by atoms with E-state index in [1.165, 1.54) is 0 Å². The standard InChI is InChI=1S/C13H14N4O2/c18-13(19)5-6-16-7-10-3-1-2-4-11(10)17-9-14-15-12(17)8-16/h1-4,9H,5-8H2,(H,18,19). The van der Waals surface area contributed by atoms with Crippen LogP contribution < -0.4 is 0 Å². The molecule has 6 nitrogen and oxygen atoms in total. The molecule has 0 spiro atoms. The van der Waals surface area contributed by atoms with Crippen LogP contribution in [-0.4, -0.2) is 37.3 Å². The molecule has 0 bridgehead atoms. The number of hydrogen-bond donors (Lipinski definition) is 1. The molecule has 0 aliphatic carbocycles. The highest BCUT2D eigenvalue weighted by molar-refractivity contribution is 5.66. The molecule has 98 valence electrons. The lowest BCUT2D eigenvalue weighted by Gasteiger charge is -2.18. The first-order valence-electron chi connectivity index (χ1n) is 6.15. The second-order valence-corrected chi connectivity index (χ2v) is 4.60. The van der Waals surface area contributed by atoms with Gasteiger partial charge in [0, 0.05) is 13.1 Å². The van der Waals surface area contributed by atoms with Gasteiger partial charge in [0.2, 0.25) is 0 Å². The van der Waals surface area contributed by atoms with Crippen molar-refractivity contribution < 1.29 is 9.90 Å². The van der Waals surface area contributed by atoms with E-state index in [0.717, 1.165) is 23.6 Å². The monoisotopic (exact) mass is 258 g/mol. The number of carbonyl (C=O) groups is 1. The third-order valence-electron chi connectivity index (χ3n) is 3.27. The van der Waals surface area contributed by atoms with Crippen LogP contribution in [0.25, 0.3) is 5.69 Å². The average molecular weight is 258 g/mol. The predicted octanol–water partition coefficient (Wildman–Crippen LogP) is 1.06. The molecular formula is C13H14N4O2. The van der Waals surface area contributed by atoms with E-state index in [-0.39, 0.29) is 6.42 Å². The number of carboxylic acids is 1. The third-order valence-corrected chi connectivity index (χ3v) is 3.27. The second-order valence-electron chi connectivity index (χ2n) is 4.60. The van der Waals surface area contributed by atoms with Crippen molar-refractivity contribution in [3.8, 4) is 5.69 Å². The van der Waals surface area contributed by atoms with E-state index >= 15 is 0 Å². The zero-order chi connectivity index (χ0) is 13.2. The Balaban J connectivity index is 1.94. The van der Waals surface area contributed by atoms with Crippen LogP contribution in [0.5, 0.6) is 0 Å². The van der Waals surface area contributed by atoms with Crippen molar-refractivity contribution in [3.05, 3.63) is 42.0 Å². The van der Waals surface area contributed by atoms with E-state index in [0.29, 0.717) is 13.1 Å². The summed E-state index contributed by atoms with van der Waals surface area (Å²) < 4.78 is 1.97. The molecule has 0 saturated carbocycles. The molecule has 19 heavy (non-hydrogen) atoms. The number of fused-ring (bicyclic) bond motifs is 3. The number of aromatic nitrogens is 3. The highest BCUT2D eigenvalue weighted by Crippen LogP contribution is 2.22. The zero-order valence-electron chi connectivity index (χ0n) is 10.4. The minimum Gasteiger partial charge on any atom is -0.481 e. The van der Waals surface area contributed by atoms with Crippen molar-refractivity contribution in [1.82, 2.24) is 19.7 Å². The van der Waals surface area contributed by atoms with Crippen molar-refractivity contribution in [2.24, 2.45) is 0 Å². The number of benzene rings is 1. The molecule has 1 aromatic carbocycles. The molecule has 1 aromatic heterocycles. The van der Waals surface area contributed by atoms with Crippen LogP contribution in [0.15, 0.2) is 30.6 Å². The maximum absolute atomic E-state index is 10.7. The van der Waals surface area contributed by atoms with Crippen LogP contribution in [-0.2, 0) is 17.9 Å². The SMILES string of the molecule is O=C(O)CCN1Cc2ccccc2-n2cnnc2C1. The first-order chi connectivity index (χ1) is 9.24. The van der Waals surface area contributed by atoms with Crippen LogP contribution in [0.1, 0.15) is 17.8 Å². The summed E-state index contributed by atoms with van der Waals surface area (Å²) in [5.74, 6) is 0.0642.